The van der Waals surface area contributed by atoms with Crippen LogP contribution in [0.15, 0.2) is 30.3 Å². The van der Waals surface area contributed by atoms with Gasteiger partial charge < -0.3 is 9.84 Å². The lowest BCUT2D eigenvalue weighted by molar-refractivity contribution is 0.0746. The van der Waals surface area contributed by atoms with E-state index in [0.29, 0.717) is 24.8 Å². The average molecular weight is 273 g/mol. The predicted molar refractivity (Wildman–Crippen MR) is 77.5 cm³/mol. The van der Waals surface area contributed by atoms with Crippen LogP contribution in [-0.2, 0) is 4.74 Å². The second-order valence-electron chi connectivity index (χ2n) is 6.58. The molecule has 0 aromatic heterocycles. The van der Waals surface area contributed by atoms with E-state index in [1.54, 1.807) is 0 Å². The Labute approximate surface area is 120 Å². The number of aliphatic hydroxyl groups excluding tert-OH is 1. The maximum atomic E-state index is 9.04. The summed E-state index contributed by atoms with van der Waals surface area (Å²) in [6.45, 7) is 1.36. The summed E-state index contributed by atoms with van der Waals surface area (Å²) < 4.78 is 6.19. The third kappa shape index (κ3) is 2.00. The lowest BCUT2D eigenvalue weighted by Gasteiger charge is -2.38. The molecule has 1 aromatic carbocycles. The van der Waals surface area contributed by atoms with Gasteiger partial charge in [-0.3, -0.25) is 4.90 Å². The van der Waals surface area contributed by atoms with E-state index < -0.39 is 0 Å². The van der Waals surface area contributed by atoms with E-state index in [1.165, 1.54) is 31.2 Å². The van der Waals surface area contributed by atoms with E-state index in [4.69, 9.17) is 9.84 Å². The highest BCUT2D eigenvalue weighted by Crippen LogP contribution is 2.60. The van der Waals surface area contributed by atoms with Crippen molar-refractivity contribution in [2.24, 2.45) is 0 Å². The molecule has 20 heavy (non-hydrogen) atoms. The lowest BCUT2D eigenvalue weighted by Crippen LogP contribution is -2.46. The summed E-state index contributed by atoms with van der Waals surface area (Å²) in [6.07, 6.45) is 6.20. The maximum absolute atomic E-state index is 9.04. The number of hydrogen-bond donors (Lipinski definition) is 1. The van der Waals surface area contributed by atoms with Crippen molar-refractivity contribution < 1.29 is 9.84 Å². The summed E-state index contributed by atoms with van der Waals surface area (Å²) in [6, 6.07) is 12.0. The first-order valence-corrected chi connectivity index (χ1v) is 7.92. The van der Waals surface area contributed by atoms with Crippen LogP contribution in [0.2, 0.25) is 0 Å². The van der Waals surface area contributed by atoms with Gasteiger partial charge in [0.25, 0.3) is 0 Å². The van der Waals surface area contributed by atoms with Gasteiger partial charge in [-0.25, -0.2) is 0 Å². The fourth-order valence-electron chi connectivity index (χ4n) is 4.46. The Balaban J connectivity index is 1.47. The highest BCUT2D eigenvalue weighted by molar-refractivity contribution is 5.28. The molecule has 2 bridgehead atoms. The van der Waals surface area contributed by atoms with Gasteiger partial charge >= 0.3 is 0 Å². The molecule has 3 aliphatic rings. The zero-order valence-corrected chi connectivity index (χ0v) is 11.9. The van der Waals surface area contributed by atoms with Gasteiger partial charge in [0.2, 0.25) is 0 Å². The van der Waals surface area contributed by atoms with E-state index in [0.717, 1.165) is 13.0 Å². The number of fused-ring (bicyclic) bond motifs is 2. The van der Waals surface area contributed by atoms with Crippen LogP contribution in [0.4, 0.5) is 0 Å². The molecule has 3 aliphatic heterocycles. The molecule has 0 amide bonds. The molecular formula is C17H23NO2. The third-order valence-corrected chi connectivity index (χ3v) is 5.38. The SMILES string of the molecule is OCCCN1C2CCC1CC1(C2)OC1c1ccccc1. The van der Waals surface area contributed by atoms with Crippen molar-refractivity contribution in [2.45, 2.75) is 55.9 Å². The van der Waals surface area contributed by atoms with Crippen LogP contribution in [0.5, 0.6) is 0 Å². The van der Waals surface area contributed by atoms with Crippen LogP contribution >= 0.6 is 0 Å². The van der Waals surface area contributed by atoms with Gasteiger partial charge in [0.1, 0.15) is 11.7 Å². The Bertz CT molecular complexity index is 461. The monoisotopic (exact) mass is 273 g/mol. The normalized spacial score (nSPS) is 39.4. The van der Waals surface area contributed by atoms with E-state index in [9.17, 15) is 0 Å². The van der Waals surface area contributed by atoms with Crippen LogP contribution in [0.3, 0.4) is 0 Å². The number of aliphatic hydroxyl groups is 1. The second-order valence-corrected chi connectivity index (χ2v) is 6.58. The van der Waals surface area contributed by atoms with Crippen LogP contribution in [0, 0.1) is 0 Å². The quantitative estimate of drug-likeness (QED) is 0.856. The van der Waals surface area contributed by atoms with E-state index >= 15 is 0 Å². The first kappa shape index (κ1) is 12.8. The van der Waals surface area contributed by atoms with Gasteiger partial charge in [-0.2, -0.15) is 0 Å². The van der Waals surface area contributed by atoms with Gasteiger partial charge in [-0.15, -0.1) is 0 Å². The fourth-order valence-corrected chi connectivity index (χ4v) is 4.46. The summed E-state index contributed by atoms with van der Waals surface area (Å²) in [5.74, 6) is 0. The summed E-state index contributed by atoms with van der Waals surface area (Å²) in [5.41, 5.74) is 1.47. The summed E-state index contributed by atoms with van der Waals surface area (Å²) >= 11 is 0. The molecule has 3 atom stereocenters. The molecule has 0 saturated carbocycles. The van der Waals surface area contributed by atoms with Crippen molar-refractivity contribution in [3.05, 3.63) is 35.9 Å². The van der Waals surface area contributed by atoms with Crippen molar-refractivity contribution in [3.8, 4) is 0 Å². The largest absolute Gasteiger partial charge is 0.396 e. The van der Waals surface area contributed by atoms with Crippen LogP contribution in [0.25, 0.3) is 0 Å². The van der Waals surface area contributed by atoms with Gasteiger partial charge in [0, 0.05) is 25.2 Å². The number of hydrogen-bond acceptors (Lipinski definition) is 3. The van der Waals surface area contributed by atoms with Crippen LogP contribution < -0.4 is 0 Å². The molecule has 0 aliphatic carbocycles. The van der Waals surface area contributed by atoms with Crippen molar-refractivity contribution in [1.82, 2.24) is 4.90 Å². The predicted octanol–water partition coefficient (Wildman–Crippen LogP) is 2.51. The van der Waals surface area contributed by atoms with Crippen molar-refractivity contribution in [2.75, 3.05) is 13.2 Å². The van der Waals surface area contributed by atoms with Gasteiger partial charge in [0.15, 0.2) is 0 Å². The zero-order valence-electron chi connectivity index (χ0n) is 11.9. The average Bonchev–Trinajstić information content (AvgIpc) is 3.11. The molecule has 1 spiro atoms. The molecule has 1 N–H and O–H groups in total. The Morgan fingerprint density at radius 3 is 2.50 bits per heavy atom. The smallest absolute Gasteiger partial charge is 0.112 e. The Morgan fingerprint density at radius 2 is 1.85 bits per heavy atom. The van der Waals surface area contributed by atoms with E-state index in [2.05, 4.69) is 35.2 Å². The van der Waals surface area contributed by atoms with Gasteiger partial charge in [0.05, 0.1) is 0 Å². The topological polar surface area (TPSA) is 36.0 Å². The molecule has 3 saturated heterocycles. The summed E-state index contributed by atoms with van der Waals surface area (Å²) in [5, 5.41) is 9.04. The number of ether oxygens (including phenoxy) is 1. The van der Waals surface area contributed by atoms with Gasteiger partial charge in [-0.1, -0.05) is 30.3 Å². The second kappa shape index (κ2) is 4.83. The van der Waals surface area contributed by atoms with E-state index in [-0.39, 0.29) is 5.60 Å². The third-order valence-electron chi connectivity index (χ3n) is 5.38. The summed E-state index contributed by atoms with van der Waals surface area (Å²) in [7, 11) is 0. The number of rotatable bonds is 4. The molecule has 3 unspecified atom stereocenters. The Morgan fingerprint density at radius 1 is 1.15 bits per heavy atom. The van der Waals surface area contributed by atoms with E-state index in [1.807, 2.05) is 0 Å². The zero-order chi connectivity index (χ0) is 13.6. The summed E-state index contributed by atoms with van der Waals surface area (Å²) in [4.78, 5) is 2.63. The molecule has 3 heterocycles. The molecular weight excluding hydrogens is 250 g/mol. The molecule has 4 rings (SSSR count). The number of benzene rings is 1. The molecule has 3 fully saturated rings. The van der Waals surface area contributed by atoms with Crippen molar-refractivity contribution in [3.63, 3.8) is 0 Å². The van der Waals surface area contributed by atoms with Gasteiger partial charge in [-0.05, 0) is 37.7 Å². The standard InChI is InChI=1S/C17H23NO2/c19-10-4-9-18-14-7-8-15(18)12-17(11-14)16(20-17)13-5-2-1-3-6-13/h1-3,5-6,14-16,19H,4,7-12H2. The van der Waals surface area contributed by atoms with Crippen molar-refractivity contribution in [1.29, 1.82) is 0 Å². The van der Waals surface area contributed by atoms with Crippen LogP contribution in [-0.4, -0.2) is 40.8 Å². The number of nitrogens with zero attached hydrogens (tertiary/aromatic N) is 1. The van der Waals surface area contributed by atoms with Crippen LogP contribution in [0.1, 0.15) is 43.8 Å². The maximum Gasteiger partial charge on any atom is 0.112 e. The minimum Gasteiger partial charge on any atom is -0.396 e. The fraction of sp³-hybridized carbons (Fsp3) is 0.647. The molecule has 3 heteroatoms. The highest BCUT2D eigenvalue weighted by Gasteiger charge is 2.63. The first-order valence-electron chi connectivity index (χ1n) is 7.92. The molecule has 0 radical (unpaired) electrons. The molecule has 3 nitrogen and oxygen atoms in total. The molecule has 108 valence electrons. The highest BCUT2D eigenvalue weighted by atomic mass is 16.6. The lowest BCUT2D eigenvalue weighted by atomic mass is 9.85. The Kier molecular flexibility index (Phi) is 3.09. The minimum absolute atomic E-state index is 0.128. The minimum atomic E-state index is 0.128. The first-order chi connectivity index (χ1) is 9.82. The number of epoxide rings is 1. The Hall–Kier alpha value is -0.900. The number of piperidine rings is 1. The van der Waals surface area contributed by atoms with Crippen molar-refractivity contribution >= 4 is 0 Å². The molecule has 1 aromatic rings.